The van der Waals surface area contributed by atoms with Gasteiger partial charge in [0, 0.05) is 12.3 Å². The van der Waals surface area contributed by atoms with Crippen LogP contribution >= 0.6 is 12.4 Å². The van der Waals surface area contributed by atoms with E-state index >= 15 is 0 Å². The Balaban J connectivity index is 0.00000225. The first-order valence-electron chi connectivity index (χ1n) is 8.37. The monoisotopic (exact) mass is 365 g/mol. The summed E-state index contributed by atoms with van der Waals surface area (Å²) in [4.78, 5) is 12.4. The maximum absolute atomic E-state index is 12.4. The number of carbonyl (C=O) groups is 1. The van der Waals surface area contributed by atoms with Crippen molar-refractivity contribution in [1.82, 2.24) is 20.3 Å². The molecule has 0 aliphatic carbocycles. The molecule has 1 fully saturated rings. The molecule has 0 spiro atoms. The first-order chi connectivity index (χ1) is 11.8. The van der Waals surface area contributed by atoms with Crippen molar-refractivity contribution < 1.29 is 9.53 Å². The average molecular weight is 366 g/mol. The van der Waals surface area contributed by atoms with Crippen LogP contribution in [-0.4, -0.2) is 40.6 Å². The van der Waals surface area contributed by atoms with Gasteiger partial charge in [0.1, 0.15) is 0 Å². The van der Waals surface area contributed by atoms with Crippen LogP contribution < -0.4 is 10.6 Å². The van der Waals surface area contributed by atoms with Crippen LogP contribution in [0.25, 0.3) is 0 Å². The van der Waals surface area contributed by atoms with Crippen LogP contribution in [0, 0.1) is 0 Å². The molecular weight excluding hydrogens is 342 g/mol. The second-order valence-electron chi connectivity index (χ2n) is 5.86. The summed E-state index contributed by atoms with van der Waals surface area (Å²) < 4.78 is 7.20. The number of piperidine rings is 1. The van der Waals surface area contributed by atoms with Crippen molar-refractivity contribution in [1.29, 1.82) is 0 Å². The number of benzene rings is 1. The summed E-state index contributed by atoms with van der Waals surface area (Å²) in [6.07, 6.45) is 3.74. The molecule has 0 radical (unpaired) electrons. The van der Waals surface area contributed by atoms with Crippen molar-refractivity contribution in [3.8, 4) is 0 Å². The standard InChI is InChI=1S/C17H23N5O2.ClH/c1-2-24-12-13-4-3-5-14(10-13)19-17(23)16-11-22(21-20-16)15-6-8-18-9-7-15;/h3-5,10-11,15,18H,2,6-9,12H2,1H3,(H,19,23);1H. The topological polar surface area (TPSA) is 81.1 Å². The molecule has 3 rings (SSSR count). The van der Waals surface area contributed by atoms with Crippen LogP contribution in [0.5, 0.6) is 0 Å². The number of hydrogen-bond donors (Lipinski definition) is 2. The Labute approximate surface area is 153 Å². The molecule has 136 valence electrons. The zero-order valence-corrected chi connectivity index (χ0v) is 15.1. The smallest absolute Gasteiger partial charge is 0.277 e. The number of ether oxygens (including phenoxy) is 1. The number of rotatable bonds is 6. The molecule has 1 aliphatic heterocycles. The maximum Gasteiger partial charge on any atom is 0.277 e. The van der Waals surface area contributed by atoms with Gasteiger partial charge in [-0.3, -0.25) is 4.79 Å². The summed E-state index contributed by atoms with van der Waals surface area (Å²) in [5.41, 5.74) is 2.09. The van der Waals surface area contributed by atoms with Gasteiger partial charge in [0.15, 0.2) is 5.69 Å². The highest BCUT2D eigenvalue weighted by Gasteiger charge is 2.18. The van der Waals surface area contributed by atoms with E-state index in [0.717, 1.165) is 37.2 Å². The number of hydrogen-bond acceptors (Lipinski definition) is 5. The first kappa shape index (κ1) is 19.4. The number of anilines is 1. The van der Waals surface area contributed by atoms with Crippen LogP contribution in [0.1, 0.15) is 41.9 Å². The number of halogens is 1. The molecule has 2 N–H and O–H groups in total. The summed E-state index contributed by atoms with van der Waals surface area (Å²) in [5, 5.41) is 14.3. The van der Waals surface area contributed by atoms with Crippen LogP contribution in [0.4, 0.5) is 5.69 Å². The van der Waals surface area contributed by atoms with Gasteiger partial charge in [-0.25, -0.2) is 4.68 Å². The lowest BCUT2D eigenvalue weighted by atomic mass is 10.1. The largest absolute Gasteiger partial charge is 0.377 e. The molecule has 1 aliphatic rings. The third-order valence-corrected chi connectivity index (χ3v) is 4.08. The van der Waals surface area contributed by atoms with Crippen molar-refractivity contribution in [2.45, 2.75) is 32.4 Å². The lowest BCUT2D eigenvalue weighted by Crippen LogP contribution is -2.29. The Morgan fingerprint density at radius 2 is 2.20 bits per heavy atom. The fraction of sp³-hybridized carbons (Fsp3) is 0.471. The number of nitrogens with zero attached hydrogens (tertiary/aromatic N) is 3. The zero-order chi connectivity index (χ0) is 16.8. The first-order valence-corrected chi connectivity index (χ1v) is 8.37. The summed E-state index contributed by atoms with van der Waals surface area (Å²) in [7, 11) is 0. The molecule has 2 heterocycles. The molecule has 25 heavy (non-hydrogen) atoms. The van der Waals surface area contributed by atoms with E-state index in [1.54, 1.807) is 10.9 Å². The minimum absolute atomic E-state index is 0. The van der Waals surface area contributed by atoms with E-state index in [4.69, 9.17) is 4.74 Å². The lowest BCUT2D eigenvalue weighted by molar-refractivity contribution is 0.102. The molecule has 1 saturated heterocycles. The Bertz CT molecular complexity index is 685. The second kappa shape index (κ2) is 9.50. The average Bonchev–Trinajstić information content (AvgIpc) is 3.11. The fourth-order valence-electron chi connectivity index (χ4n) is 2.78. The van der Waals surface area contributed by atoms with Gasteiger partial charge in [0.2, 0.25) is 0 Å². The Hall–Kier alpha value is -1.96. The van der Waals surface area contributed by atoms with Crippen molar-refractivity contribution >= 4 is 24.0 Å². The molecule has 7 nitrogen and oxygen atoms in total. The van der Waals surface area contributed by atoms with E-state index in [2.05, 4.69) is 20.9 Å². The van der Waals surface area contributed by atoms with E-state index in [0.29, 0.717) is 24.9 Å². The van der Waals surface area contributed by atoms with Gasteiger partial charge in [-0.05, 0) is 50.6 Å². The van der Waals surface area contributed by atoms with E-state index in [-0.39, 0.29) is 18.3 Å². The molecule has 8 heteroatoms. The number of nitrogens with one attached hydrogen (secondary N) is 2. The molecule has 1 aromatic heterocycles. The normalized spacial score (nSPS) is 14.8. The molecule has 1 aromatic carbocycles. The third kappa shape index (κ3) is 5.26. The highest BCUT2D eigenvalue weighted by Crippen LogP contribution is 2.18. The summed E-state index contributed by atoms with van der Waals surface area (Å²) in [6, 6.07) is 7.94. The molecular formula is C17H24ClN5O2. The van der Waals surface area contributed by atoms with Crippen LogP contribution in [0.15, 0.2) is 30.5 Å². The van der Waals surface area contributed by atoms with Gasteiger partial charge in [0.25, 0.3) is 5.91 Å². The van der Waals surface area contributed by atoms with Gasteiger partial charge in [-0.2, -0.15) is 0 Å². The fourth-order valence-corrected chi connectivity index (χ4v) is 2.78. The summed E-state index contributed by atoms with van der Waals surface area (Å²) >= 11 is 0. The maximum atomic E-state index is 12.4. The van der Waals surface area contributed by atoms with Crippen molar-refractivity contribution in [3.63, 3.8) is 0 Å². The molecule has 0 atom stereocenters. The quantitative estimate of drug-likeness (QED) is 0.821. The zero-order valence-electron chi connectivity index (χ0n) is 14.3. The van der Waals surface area contributed by atoms with Gasteiger partial charge in [-0.15, -0.1) is 17.5 Å². The predicted octanol–water partition coefficient (Wildman–Crippen LogP) is 2.41. The molecule has 0 saturated carbocycles. The predicted molar refractivity (Wildman–Crippen MR) is 98.1 cm³/mol. The summed E-state index contributed by atoms with van der Waals surface area (Å²) in [6.45, 7) is 5.09. The van der Waals surface area contributed by atoms with Crippen molar-refractivity contribution in [2.24, 2.45) is 0 Å². The van der Waals surface area contributed by atoms with Gasteiger partial charge >= 0.3 is 0 Å². The van der Waals surface area contributed by atoms with Gasteiger partial charge in [-0.1, -0.05) is 17.3 Å². The van der Waals surface area contributed by atoms with Gasteiger partial charge in [0.05, 0.1) is 18.8 Å². The van der Waals surface area contributed by atoms with Crippen molar-refractivity contribution in [3.05, 3.63) is 41.7 Å². The van der Waals surface area contributed by atoms with E-state index in [1.807, 2.05) is 31.2 Å². The van der Waals surface area contributed by atoms with E-state index in [9.17, 15) is 4.79 Å². The number of amides is 1. The third-order valence-electron chi connectivity index (χ3n) is 4.08. The molecule has 1 amide bonds. The van der Waals surface area contributed by atoms with Crippen LogP contribution in [0.2, 0.25) is 0 Å². The van der Waals surface area contributed by atoms with Crippen LogP contribution in [-0.2, 0) is 11.3 Å². The molecule has 0 bridgehead atoms. The number of carbonyl (C=O) groups excluding carboxylic acids is 1. The van der Waals surface area contributed by atoms with Gasteiger partial charge < -0.3 is 15.4 Å². The van der Waals surface area contributed by atoms with E-state index in [1.165, 1.54) is 0 Å². The Kier molecular flexibility index (Phi) is 7.36. The SMILES string of the molecule is CCOCc1cccc(NC(=O)c2cn(C3CCNCC3)nn2)c1.Cl. The lowest BCUT2D eigenvalue weighted by Gasteiger charge is -2.22. The van der Waals surface area contributed by atoms with Crippen molar-refractivity contribution in [2.75, 3.05) is 25.0 Å². The highest BCUT2D eigenvalue weighted by molar-refractivity contribution is 6.02. The molecule has 2 aromatic rings. The minimum Gasteiger partial charge on any atom is -0.377 e. The number of aromatic nitrogens is 3. The second-order valence-corrected chi connectivity index (χ2v) is 5.86. The van der Waals surface area contributed by atoms with Crippen LogP contribution in [0.3, 0.4) is 0 Å². The Morgan fingerprint density at radius 1 is 1.40 bits per heavy atom. The molecule has 0 unspecified atom stereocenters. The summed E-state index contributed by atoms with van der Waals surface area (Å²) in [5.74, 6) is -0.247. The minimum atomic E-state index is -0.247. The Morgan fingerprint density at radius 3 is 2.96 bits per heavy atom. The highest BCUT2D eigenvalue weighted by atomic mass is 35.5. The van der Waals surface area contributed by atoms with E-state index < -0.39 is 0 Å².